The van der Waals surface area contributed by atoms with Crippen LogP contribution in [0.1, 0.15) is 43.9 Å². The summed E-state index contributed by atoms with van der Waals surface area (Å²) in [5.41, 5.74) is 1.52. The Bertz CT molecular complexity index is 1980. The fourth-order valence-electron chi connectivity index (χ4n) is 7.80. The third-order valence-electron chi connectivity index (χ3n) is 9.94. The molecule has 46 heavy (non-hydrogen) atoms. The van der Waals surface area contributed by atoms with E-state index in [1.807, 2.05) is 11.6 Å². The monoisotopic (exact) mass is 629 g/mol. The van der Waals surface area contributed by atoms with Gasteiger partial charge in [0.15, 0.2) is 5.82 Å². The topological polar surface area (TPSA) is 92.4 Å². The van der Waals surface area contributed by atoms with Crippen molar-refractivity contribution in [2.24, 2.45) is 0 Å². The lowest BCUT2D eigenvalue weighted by atomic mass is 9.92. The lowest BCUT2D eigenvalue weighted by Crippen LogP contribution is -2.43. The highest BCUT2D eigenvalue weighted by Gasteiger charge is 2.49. The van der Waals surface area contributed by atoms with Gasteiger partial charge in [-0.25, -0.2) is 17.9 Å². The number of aryl methyl sites for hydroxylation is 2. The molecule has 2 fully saturated rings. The summed E-state index contributed by atoms with van der Waals surface area (Å²) in [6, 6.07) is 9.41. The molecule has 5 aromatic rings. The molecule has 0 radical (unpaired) electrons. The van der Waals surface area contributed by atoms with E-state index >= 15 is 4.39 Å². The zero-order valence-electron chi connectivity index (χ0n) is 25.5. The van der Waals surface area contributed by atoms with E-state index in [9.17, 15) is 13.9 Å². The molecule has 0 saturated carbocycles. The van der Waals surface area contributed by atoms with Crippen LogP contribution in [0.4, 0.5) is 19.0 Å². The van der Waals surface area contributed by atoms with Crippen LogP contribution in [0.25, 0.3) is 32.8 Å². The molecule has 0 spiro atoms. The molecule has 0 unspecified atom stereocenters. The number of phenolic OH excluding ortho intramolecular Hbond substituents is 1. The van der Waals surface area contributed by atoms with Crippen LogP contribution in [0.3, 0.4) is 0 Å². The van der Waals surface area contributed by atoms with Crippen molar-refractivity contribution in [2.75, 3.05) is 31.1 Å². The lowest BCUT2D eigenvalue weighted by Gasteiger charge is -2.31. The molecule has 8 rings (SSSR count). The number of benzene rings is 3. The Hall–Kier alpha value is -4.45. The normalized spacial score (nSPS) is 21.6. The van der Waals surface area contributed by atoms with Crippen molar-refractivity contribution in [1.82, 2.24) is 29.9 Å². The van der Waals surface area contributed by atoms with Gasteiger partial charge < -0.3 is 14.7 Å². The molecule has 0 bridgehead atoms. The second-order valence-corrected chi connectivity index (χ2v) is 12.7. The van der Waals surface area contributed by atoms with Crippen molar-refractivity contribution >= 4 is 27.5 Å². The zero-order valence-corrected chi connectivity index (χ0v) is 25.5. The van der Waals surface area contributed by atoms with Gasteiger partial charge in [0.2, 0.25) is 0 Å². The molecule has 0 amide bonds. The molecular weight excluding hydrogens is 595 g/mol. The van der Waals surface area contributed by atoms with Crippen molar-refractivity contribution in [2.45, 2.75) is 63.8 Å². The molecule has 5 heterocycles. The van der Waals surface area contributed by atoms with E-state index in [1.54, 1.807) is 30.5 Å². The lowest BCUT2D eigenvalue weighted by molar-refractivity contribution is 0.107. The van der Waals surface area contributed by atoms with E-state index in [0.29, 0.717) is 72.1 Å². The Kier molecular flexibility index (Phi) is 7.00. The van der Waals surface area contributed by atoms with Gasteiger partial charge in [-0.2, -0.15) is 9.97 Å². The van der Waals surface area contributed by atoms with Gasteiger partial charge >= 0.3 is 6.01 Å². The van der Waals surface area contributed by atoms with Crippen molar-refractivity contribution in [3.63, 3.8) is 0 Å². The number of rotatable bonds is 6. The van der Waals surface area contributed by atoms with Gasteiger partial charge in [-0.3, -0.25) is 4.90 Å². The predicted octanol–water partition coefficient (Wildman–Crippen LogP) is 5.95. The van der Waals surface area contributed by atoms with Crippen LogP contribution in [-0.4, -0.2) is 72.9 Å². The first-order valence-corrected chi connectivity index (χ1v) is 15.9. The minimum absolute atomic E-state index is 0.0130. The molecule has 0 aliphatic carbocycles. The second-order valence-electron chi connectivity index (χ2n) is 12.7. The summed E-state index contributed by atoms with van der Waals surface area (Å²) in [5.74, 6) is -0.560. The third-order valence-corrected chi connectivity index (χ3v) is 9.94. The summed E-state index contributed by atoms with van der Waals surface area (Å²) in [7, 11) is 0. The summed E-state index contributed by atoms with van der Waals surface area (Å²) in [4.78, 5) is 13.7. The molecule has 2 atom stereocenters. The summed E-state index contributed by atoms with van der Waals surface area (Å²) in [5, 5.41) is 20.5. The van der Waals surface area contributed by atoms with Crippen molar-refractivity contribution in [3.8, 4) is 22.9 Å². The average Bonchev–Trinajstić information content (AvgIpc) is 3.69. The first kappa shape index (κ1) is 29.0. The largest absolute Gasteiger partial charge is 0.508 e. The van der Waals surface area contributed by atoms with Crippen molar-refractivity contribution in [1.29, 1.82) is 0 Å². The number of hydrogen-bond donors (Lipinski definition) is 1. The fourth-order valence-corrected chi connectivity index (χ4v) is 7.80. The standard InChI is InChI=1S/C34H34F3N7O2/c1-2-24-28(36)8-5-20-13-23(45)14-27(29(20)24)25-6-7-26-31(30(25)37)39-33(46-19-34-9-3-11-43(34)17-21(35)15-34)40-32(26)42-10-4-12-44-22(18-42)16-38-41-44/h5-8,13-14,16,21,45H,2-4,9-12,15,17-19H2,1H3/t21-,34+/m1/s1. The van der Waals surface area contributed by atoms with Gasteiger partial charge in [0.1, 0.15) is 35.7 Å². The first-order valence-electron chi connectivity index (χ1n) is 15.9. The number of anilines is 1. The zero-order chi connectivity index (χ0) is 31.6. The van der Waals surface area contributed by atoms with Crippen molar-refractivity contribution < 1.29 is 23.0 Å². The van der Waals surface area contributed by atoms with E-state index in [-0.39, 0.29) is 35.3 Å². The number of ether oxygens (including phenoxy) is 1. The van der Waals surface area contributed by atoms with Gasteiger partial charge in [-0.15, -0.1) is 5.10 Å². The third kappa shape index (κ3) is 4.72. The fraction of sp³-hybridized carbons (Fsp3) is 0.412. The minimum atomic E-state index is -0.914. The van der Waals surface area contributed by atoms with E-state index < -0.39 is 17.5 Å². The van der Waals surface area contributed by atoms with E-state index in [1.165, 1.54) is 12.1 Å². The van der Waals surface area contributed by atoms with Gasteiger partial charge in [0, 0.05) is 37.0 Å². The molecule has 1 N–H and O–H groups in total. The molecule has 12 heteroatoms. The summed E-state index contributed by atoms with van der Waals surface area (Å²) >= 11 is 0. The number of alkyl halides is 1. The SMILES string of the molecule is CCc1c(F)ccc2cc(O)cc(-c3ccc4c(N5CCCn6nncc6C5)nc(OC[C@@]56CCCN5C[C@H](F)C6)nc4c3F)c12. The van der Waals surface area contributed by atoms with Crippen molar-refractivity contribution in [3.05, 3.63) is 65.5 Å². The molecule has 3 aliphatic heterocycles. The number of aromatic nitrogens is 5. The minimum Gasteiger partial charge on any atom is -0.508 e. The van der Waals surface area contributed by atoms with Crippen LogP contribution in [0.2, 0.25) is 0 Å². The van der Waals surface area contributed by atoms with Crippen LogP contribution >= 0.6 is 0 Å². The molecule has 3 aliphatic rings. The van der Waals surface area contributed by atoms with Gasteiger partial charge in [0.05, 0.1) is 24.0 Å². The van der Waals surface area contributed by atoms with E-state index in [4.69, 9.17) is 9.72 Å². The van der Waals surface area contributed by atoms with E-state index in [2.05, 4.69) is 25.1 Å². The van der Waals surface area contributed by atoms with Crippen LogP contribution in [0.5, 0.6) is 11.8 Å². The summed E-state index contributed by atoms with van der Waals surface area (Å²) < 4.78 is 54.6. The highest BCUT2D eigenvalue weighted by molar-refractivity contribution is 6.03. The number of halogens is 3. The summed E-state index contributed by atoms with van der Waals surface area (Å²) in [6.45, 7) is 5.04. The first-order chi connectivity index (χ1) is 22.3. The summed E-state index contributed by atoms with van der Waals surface area (Å²) in [6.07, 6.45) is 4.13. The highest BCUT2D eigenvalue weighted by atomic mass is 19.1. The molecule has 9 nitrogen and oxygen atoms in total. The Morgan fingerprint density at radius 2 is 1.93 bits per heavy atom. The predicted molar refractivity (Wildman–Crippen MR) is 168 cm³/mol. The number of phenols is 1. The maximum Gasteiger partial charge on any atom is 0.319 e. The maximum atomic E-state index is 16.9. The van der Waals surface area contributed by atoms with Crippen LogP contribution < -0.4 is 9.64 Å². The van der Waals surface area contributed by atoms with Crippen LogP contribution in [0.15, 0.2) is 42.6 Å². The Labute approximate surface area is 263 Å². The number of hydrogen-bond acceptors (Lipinski definition) is 8. The van der Waals surface area contributed by atoms with E-state index in [0.717, 1.165) is 31.5 Å². The van der Waals surface area contributed by atoms with Crippen LogP contribution in [-0.2, 0) is 19.5 Å². The second kappa shape index (κ2) is 11.1. The quantitative estimate of drug-likeness (QED) is 0.246. The molecular formula is C34H34F3N7O2. The van der Waals surface area contributed by atoms with Gasteiger partial charge in [-0.05, 0) is 78.4 Å². The molecule has 2 saturated heterocycles. The number of aromatic hydroxyl groups is 1. The smallest absolute Gasteiger partial charge is 0.319 e. The molecule has 238 valence electrons. The maximum absolute atomic E-state index is 16.9. The number of fused-ring (bicyclic) bond motifs is 4. The Morgan fingerprint density at radius 3 is 2.80 bits per heavy atom. The number of nitrogens with zero attached hydrogens (tertiary/aromatic N) is 7. The Morgan fingerprint density at radius 1 is 1.04 bits per heavy atom. The van der Waals surface area contributed by atoms with Gasteiger partial charge in [-0.1, -0.05) is 24.3 Å². The van der Waals surface area contributed by atoms with Crippen LogP contribution in [0, 0.1) is 11.6 Å². The van der Waals surface area contributed by atoms with Gasteiger partial charge in [0.25, 0.3) is 0 Å². The average molecular weight is 630 g/mol. The highest BCUT2D eigenvalue weighted by Crippen LogP contribution is 2.42. The molecule has 2 aromatic heterocycles. The molecule has 3 aromatic carbocycles. The Balaban J connectivity index is 1.28.